The van der Waals surface area contributed by atoms with Gasteiger partial charge in [0.05, 0.1) is 0 Å². The molecule has 2 nitrogen and oxygen atoms in total. The Hall–Kier alpha value is -1.39. The van der Waals surface area contributed by atoms with Crippen molar-refractivity contribution in [3.05, 3.63) is 54.1 Å². The van der Waals surface area contributed by atoms with E-state index in [2.05, 4.69) is 4.98 Å². The molecular formula is C14H15FN2S. The molecule has 94 valence electrons. The van der Waals surface area contributed by atoms with Crippen molar-refractivity contribution in [1.82, 2.24) is 4.98 Å². The quantitative estimate of drug-likeness (QED) is 0.919. The molecular weight excluding hydrogens is 247 g/mol. The Balaban J connectivity index is 2.30. The monoisotopic (exact) mass is 262 g/mol. The van der Waals surface area contributed by atoms with Crippen LogP contribution in [0.2, 0.25) is 0 Å². The number of nitrogens with zero attached hydrogens (tertiary/aromatic N) is 1. The fourth-order valence-electron chi connectivity index (χ4n) is 1.69. The maximum absolute atomic E-state index is 13.8. The highest BCUT2D eigenvalue weighted by atomic mass is 32.2. The van der Waals surface area contributed by atoms with E-state index in [1.54, 1.807) is 18.5 Å². The van der Waals surface area contributed by atoms with Gasteiger partial charge in [0.25, 0.3) is 0 Å². The second-order valence-electron chi connectivity index (χ2n) is 4.18. The number of halogens is 1. The summed E-state index contributed by atoms with van der Waals surface area (Å²) in [5.74, 6) is -0.189. The zero-order valence-electron chi connectivity index (χ0n) is 10.1. The highest BCUT2D eigenvalue weighted by molar-refractivity contribution is 7.99. The summed E-state index contributed by atoms with van der Waals surface area (Å²) in [5.41, 5.74) is 6.46. The average Bonchev–Trinajstić information content (AvgIpc) is 2.34. The molecule has 2 N–H and O–H groups in total. The number of nitrogens with two attached hydrogens (primary N) is 1. The molecule has 1 unspecified atom stereocenters. The standard InChI is InChI=1S/C14H15FN2S/c1-10(16)9-12-13(15)3-2-4-14(12)18-11-5-7-17-8-6-11/h2-8,10H,9,16H2,1H3. The van der Waals surface area contributed by atoms with Crippen LogP contribution in [-0.2, 0) is 6.42 Å². The molecule has 0 aliphatic rings. The van der Waals surface area contributed by atoms with Gasteiger partial charge in [0.15, 0.2) is 0 Å². The van der Waals surface area contributed by atoms with E-state index in [-0.39, 0.29) is 11.9 Å². The van der Waals surface area contributed by atoms with Crippen molar-refractivity contribution < 1.29 is 4.39 Å². The predicted molar refractivity (Wildman–Crippen MR) is 72.1 cm³/mol. The first-order chi connectivity index (χ1) is 8.66. The van der Waals surface area contributed by atoms with E-state index < -0.39 is 0 Å². The van der Waals surface area contributed by atoms with Crippen molar-refractivity contribution >= 4 is 11.8 Å². The minimum Gasteiger partial charge on any atom is -0.328 e. The third-order valence-corrected chi connectivity index (χ3v) is 3.59. The van der Waals surface area contributed by atoms with E-state index >= 15 is 0 Å². The van der Waals surface area contributed by atoms with Crippen LogP contribution in [0.3, 0.4) is 0 Å². The summed E-state index contributed by atoms with van der Waals surface area (Å²) < 4.78 is 13.8. The molecule has 0 aliphatic carbocycles. The van der Waals surface area contributed by atoms with Crippen molar-refractivity contribution in [1.29, 1.82) is 0 Å². The zero-order valence-corrected chi connectivity index (χ0v) is 11.0. The summed E-state index contributed by atoms with van der Waals surface area (Å²) in [6.07, 6.45) is 4.00. The van der Waals surface area contributed by atoms with Crippen LogP contribution in [0.4, 0.5) is 4.39 Å². The van der Waals surface area contributed by atoms with Gasteiger partial charge in [-0.2, -0.15) is 0 Å². The van der Waals surface area contributed by atoms with Crippen LogP contribution >= 0.6 is 11.8 Å². The number of benzene rings is 1. The van der Waals surface area contributed by atoms with E-state index in [0.717, 1.165) is 9.79 Å². The van der Waals surface area contributed by atoms with Crippen LogP contribution < -0.4 is 5.73 Å². The molecule has 2 rings (SSSR count). The van der Waals surface area contributed by atoms with Crippen molar-refractivity contribution in [3.63, 3.8) is 0 Å². The van der Waals surface area contributed by atoms with Gasteiger partial charge in [0.1, 0.15) is 5.82 Å². The Bertz CT molecular complexity index is 514. The minimum atomic E-state index is -0.189. The molecule has 2 aromatic rings. The fourth-order valence-corrected chi connectivity index (χ4v) is 2.65. The molecule has 1 aromatic carbocycles. The largest absolute Gasteiger partial charge is 0.328 e. The number of hydrogen-bond donors (Lipinski definition) is 1. The summed E-state index contributed by atoms with van der Waals surface area (Å²) in [5, 5.41) is 0. The molecule has 0 spiro atoms. The van der Waals surface area contributed by atoms with Gasteiger partial charge in [-0.3, -0.25) is 4.98 Å². The van der Waals surface area contributed by atoms with Crippen molar-refractivity contribution in [2.75, 3.05) is 0 Å². The summed E-state index contributed by atoms with van der Waals surface area (Å²) >= 11 is 1.53. The Morgan fingerprint density at radius 1 is 1.28 bits per heavy atom. The summed E-state index contributed by atoms with van der Waals surface area (Å²) in [7, 11) is 0. The number of hydrogen-bond acceptors (Lipinski definition) is 3. The first-order valence-corrected chi connectivity index (χ1v) is 6.59. The van der Waals surface area contributed by atoms with Crippen LogP contribution in [-0.4, -0.2) is 11.0 Å². The Labute approximate surface area is 110 Å². The fraction of sp³-hybridized carbons (Fsp3) is 0.214. The van der Waals surface area contributed by atoms with Gasteiger partial charge in [-0.1, -0.05) is 17.8 Å². The van der Waals surface area contributed by atoms with Crippen LogP contribution in [0, 0.1) is 5.82 Å². The first kappa shape index (κ1) is 13.1. The number of rotatable bonds is 4. The zero-order chi connectivity index (χ0) is 13.0. The van der Waals surface area contributed by atoms with Gasteiger partial charge in [-0.25, -0.2) is 4.39 Å². The van der Waals surface area contributed by atoms with Crippen molar-refractivity contribution in [2.45, 2.75) is 29.2 Å². The summed E-state index contributed by atoms with van der Waals surface area (Å²) in [6, 6.07) is 8.89. The smallest absolute Gasteiger partial charge is 0.127 e. The van der Waals surface area contributed by atoms with E-state index in [4.69, 9.17) is 5.73 Å². The lowest BCUT2D eigenvalue weighted by Gasteiger charge is -2.12. The van der Waals surface area contributed by atoms with Crippen LogP contribution in [0.15, 0.2) is 52.5 Å². The highest BCUT2D eigenvalue weighted by Crippen LogP contribution is 2.31. The molecule has 1 heterocycles. The number of aromatic nitrogens is 1. The van der Waals surface area contributed by atoms with Crippen molar-refractivity contribution in [3.8, 4) is 0 Å². The molecule has 0 radical (unpaired) electrons. The van der Waals surface area contributed by atoms with Gasteiger partial charge in [-0.05, 0) is 37.6 Å². The van der Waals surface area contributed by atoms with Gasteiger partial charge in [-0.15, -0.1) is 0 Å². The lowest BCUT2D eigenvalue weighted by atomic mass is 10.1. The third kappa shape index (κ3) is 3.31. The van der Waals surface area contributed by atoms with Gasteiger partial charge >= 0.3 is 0 Å². The molecule has 0 fully saturated rings. The Kier molecular flexibility index (Phi) is 4.33. The SMILES string of the molecule is CC(N)Cc1c(F)cccc1Sc1ccncc1. The molecule has 1 aromatic heterocycles. The van der Waals surface area contributed by atoms with Crippen molar-refractivity contribution in [2.24, 2.45) is 5.73 Å². The molecule has 1 atom stereocenters. The topological polar surface area (TPSA) is 38.9 Å². The normalized spacial score (nSPS) is 12.4. The molecule has 0 aliphatic heterocycles. The molecule has 0 saturated heterocycles. The van der Waals surface area contributed by atoms with Gasteiger partial charge in [0.2, 0.25) is 0 Å². The second kappa shape index (κ2) is 5.98. The van der Waals surface area contributed by atoms with Crippen LogP contribution in [0.25, 0.3) is 0 Å². The first-order valence-electron chi connectivity index (χ1n) is 5.77. The van der Waals surface area contributed by atoms with E-state index in [1.165, 1.54) is 17.8 Å². The minimum absolute atomic E-state index is 0.0568. The summed E-state index contributed by atoms with van der Waals surface area (Å²) in [6.45, 7) is 1.88. The van der Waals surface area contributed by atoms with E-state index in [1.807, 2.05) is 25.1 Å². The highest BCUT2D eigenvalue weighted by Gasteiger charge is 2.11. The third-order valence-electron chi connectivity index (χ3n) is 2.48. The lowest BCUT2D eigenvalue weighted by Crippen LogP contribution is -2.19. The lowest BCUT2D eigenvalue weighted by molar-refractivity contribution is 0.588. The molecule has 0 saturated carbocycles. The average molecular weight is 262 g/mol. The Morgan fingerprint density at radius 3 is 2.67 bits per heavy atom. The van der Waals surface area contributed by atoms with Gasteiger partial charge < -0.3 is 5.73 Å². The van der Waals surface area contributed by atoms with Gasteiger partial charge in [0, 0.05) is 33.8 Å². The number of pyridine rings is 1. The van der Waals surface area contributed by atoms with E-state index in [0.29, 0.717) is 12.0 Å². The molecule has 0 bridgehead atoms. The second-order valence-corrected chi connectivity index (χ2v) is 5.30. The van der Waals surface area contributed by atoms with E-state index in [9.17, 15) is 4.39 Å². The molecule has 18 heavy (non-hydrogen) atoms. The molecule has 4 heteroatoms. The summed E-state index contributed by atoms with van der Waals surface area (Å²) in [4.78, 5) is 5.93. The Morgan fingerprint density at radius 2 is 2.00 bits per heavy atom. The van der Waals surface area contributed by atoms with Crippen LogP contribution in [0.1, 0.15) is 12.5 Å². The van der Waals surface area contributed by atoms with Crippen LogP contribution in [0.5, 0.6) is 0 Å². The maximum Gasteiger partial charge on any atom is 0.127 e. The molecule has 0 amide bonds. The maximum atomic E-state index is 13.8. The predicted octanol–water partition coefficient (Wildman–Crippen LogP) is 3.26.